The number of nitrogens with zero attached hydrogens (tertiary/aromatic N) is 2. The fourth-order valence-corrected chi connectivity index (χ4v) is 5.16. The highest BCUT2D eigenvalue weighted by Crippen LogP contribution is 2.31. The molecule has 0 radical (unpaired) electrons. The van der Waals surface area contributed by atoms with Gasteiger partial charge in [0.2, 0.25) is 0 Å². The van der Waals surface area contributed by atoms with Crippen LogP contribution >= 0.6 is 46.0 Å². The van der Waals surface area contributed by atoms with E-state index in [9.17, 15) is 18.0 Å². The smallest absolute Gasteiger partial charge is 0.289 e. The number of anilines is 3. The molecule has 1 saturated heterocycles. The summed E-state index contributed by atoms with van der Waals surface area (Å²) in [6.45, 7) is 1.09. The highest BCUT2D eigenvalue weighted by Gasteiger charge is 2.22. The second-order valence-electron chi connectivity index (χ2n) is 6.96. The number of hydrogen-bond acceptors (Lipinski definition) is 10. The molecular formula is C20H20ClN5O6S4. The maximum Gasteiger partial charge on any atom is 0.289 e. The number of aromatic nitrogens is 1. The van der Waals surface area contributed by atoms with Gasteiger partial charge < -0.3 is 15.4 Å². The molecule has 1 aliphatic heterocycles. The molecule has 0 unspecified atom stereocenters. The van der Waals surface area contributed by atoms with Gasteiger partial charge in [-0.15, -0.1) is 22.7 Å². The normalized spacial score (nSPS) is 13.0. The van der Waals surface area contributed by atoms with Gasteiger partial charge in [-0.05, 0) is 42.7 Å². The zero-order chi connectivity index (χ0) is 26.5. The first-order valence-electron chi connectivity index (χ1n) is 9.89. The molecule has 1 fully saturated rings. The van der Waals surface area contributed by atoms with Crippen molar-refractivity contribution < 1.29 is 27.3 Å². The molecule has 0 spiro atoms. The van der Waals surface area contributed by atoms with Crippen LogP contribution in [0.4, 0.5) is 17.2 Å². The molecule has 0 saturated carbocycles. The number of thiophene rings is 1. The van der Waals surface area contributed by atoms with Gasteiger partial charge in [-0.2, -0.15) is 8.42 Å². The molecule has 2 aromatic heterocycles. The average Bonchev–Trinajstić information content (AvgIpc) is 3.53. The van der Waals surface area contributed by atoms with Gasteiger partial charge in [0.05, 0.1) is 22.0 Å². The van der Waals surface area contributed by atoms with E-state index in [0.717, 1.165) is 17.0 Å². The van der Waals surface area contributed by atoms with Crippen LogP contribution in [0.1, 0.15) is 19.3 Å². The quantitative estimate of drug-likeness (QED) is 0.242. The van der Waals surface area contributed by atoms with Crippen molar-refractivity contribution in [2.24, 2.45) is 0 Å². The number of hydrogen-bond donors (Lipinski definition) is 4. The number of benzene rings is 1. The Morgan fingerprint density at radius 2 is 1.83 bits per heavy atom. The molecule has 0 atom stereocenters. The number of rotatable bonds is 6. The van der Waals surface area contributed by atoms with Crippen molar-refractivity contribution in [3.8, 4) is 0 Å². The Labute approximate surface area is 224 Å². The van der Waals surface area contributed by atoms with E-state index in [0.29, 0.717) is 43.5 Å². The average molecular weight is 590 g/mol. The van der Waals surface area contributed by atoms with Crippen LogP contribution in [0.5, 0.6) is 0 Å². The molecule has 0 aliphatic carbocycles. The van der Waals surface area contributed by atoms with Crippen molar-refractivity contribution in [2.45, 2.75) is 4.34 Å². The minimum atomic E-state index is -3.67. The van der Waals surface area contributed by atoms with Gasteiger partial charge in [-0.1, -0.05) is 23.4 Å². The SMILES string of the molecule is CS(=O)(=O)O.CSc1nc(NC(=O)c2ccc(Cl)s2)c(C(=O)Nc2ccc(N3CCOC3=N)cc2)s1. The number of thioether (sulfide) groups is 1. The Hall–Kier alpha value is -2.69. The number of amides is 2. The summed E-state index contributed by atoms with van der Waals surface area (Å²) in [5, 5.41) is 13.3. The molecule has 1 aliphatic rings. The number of carbonyl (C=O) groups is 2. The lowest BCUT2D eigenvalue weighted by atomic mass is 10.2. The first-order valence-corrected chi connectivity index (χ1v) is 15.0. The molecule has 3 heterocycles. The highest BCUT2D eigenvalue weighted by molar-refractivity contribution is 8.00. The zero-order valence-electron chi connectivity index (χ0n) is 18.8. The van der Waals surface area contributed by atoms with Crippen LogP contribution in [0, 0.1) is 5.41 Å². The van der Waals surface area contributed by atoms with Crippen LogP contribution in [0.15, 0.2) is 40.7 Å². The molecule has 3 aromatic rings. The van der Waals surface area contributed by atoms with Crippen molar-refractivity contribution in [2.75, 3.05) is 41.2 Å². The van der Waals surface area contributed by atoms with E-state index in [-0.39, 0.29) is 23.7 Å². The fraction of sp³-hybridized carbons (Fsp3) is 0.200. The van der Waals surface area contributed by atoms with Crippen LogP contribution in [0.2, 0.25) is 4.34 Å². The van der Waals surface area contributed by atoms with Crippen LogP contribution in [-0.4, -0.2) is 61.5 Å². The van der Waals surface area contributed by atoms with Gasteiger partial charge in [-0.25, -0.2) is 4.98 Å². The molecule has 16 heteroatoms. The van der Waals surface area contributed by atoms with Crippen LogP contribution in [0.3, 0.4) is 0 Å². The van der Waals surface area contributed by atoms with E-state index in [2.05, 4.69) is 15.6 Å². The molecule has 0 bridgehead atoms. The summed E-state index contributed by atoms with van der Waals surface area (Å²) in [7, 11) is -3.67. The minimum absolute atomic E-state index is 0.110. The summed E-state index contributed by atoms with van der Waals surface area (Å²) >= 11 is 9.65. The predicted octanol–water partition coefficient (Wildman–Crippen LogP) is 4.36. The summed E-state index contributed by atoms with van der Waals surface area (Å²) in [6, 6.07) is 10.5. The highest BCUT2D eigenvalue weighted by atomic mass is 35.5. The maximum absolute atomic E-state index is 12.9. The molecule has 2 amide bonds. The van der Waals surface area contributed by atoms with E-state index in [1.807, 2.05) is 18.4 Å². The number of ether oxygens (including phenoxy) is 1. The lowest BCUT2D eigenvalue weighted by Crippen LogP contribution is -2.23. The topological polar surface area (TPSA) is 162 Å². The Balaban J connectivity index is 0.000000658. The van der Waals surface area contributed by atoms with Crippen molar-refractivity contribution in [3.05, 3.63) is 50.5 Å². The first kappa shape index (κ1) is 27.9. The monoisotopic (exact) mass is 589 g/mol. The number of halogens is 1. The summed E-state index contributed by atoms with van der Waals surface area (Å²) in [6.07, 6.45) is 2.57. The number of nitrogens with one attached hydrogen (secondary N) is 3. The molecule has 4 N–H and O–H groups in total. The number of carbonyl (C=O) groups excluding carboxylic acids is 2. The summed E-state index contributed by atoms with van der Waals surface area (Å²) < 4.78 is 32.2. The number of thiazole rings is 1. The van der Waals surface area contributed by atoms with Crippen molar-refractivity contribution in [3.63, 3.8) is 0 Å². The summed E-state index contributed by atoms with van der Waals surface area (Å²) in [4.78, 5) is 32.2. The fourth-order valence-electron chi connectivity index (χ4n) is 2.80. The molecular weight excluding hydrogens is 570 g/mol. The molecule has 1 aromatic carbocycles. The minimum Gasteiger partial charge on any atom is -0.463 e. The lowest BCUT2D eigenvalue weighted by Gasteiger charge is -2.15. The standard InChI is InChI=1S/C19H16ClN5O3S3.CH4O3S/c1-29-19-24-15(23-16(26)12-6-7-13(20)30-12)14(31-19)17(27)22-10-2-4-11(5-3-10)25-8-9-28-18(25)21;1-5(2,3)4/h2-7,21H,8-9H2,1H3,(H,22,27)(H,23,26);1H3,(H,2,3,4). The van der Waals surface area contributed by atoms with Gasteiger partial charge in [0.25, 0.3) is 28.0 Å². The molecule has 36 heavy (non-hydrogen) atoms. The second-order valence-corrected chi connectivity index (χ2v) is 12.2. The summed E-state index contributed by atoms with van der Waals surface area (Å²) in [5.41, 5.74) is 1.40. The zero-order valence-corrected chi connectivity index (χ0v) is 22.8. The third-order valence-corrected chi connectivity index (χ3v) is 7.52. The Kier molecular flexibility index (Phi) is 9.32. The van der Waals surface area contributed by atoms with Gasteiger partial charge >= 0.3 is 0 Å². The van der Waals surface area contributed by atoms with Crippen LogP contribution in [0.25, 0.3) is 0 Å². The van der Waals surface area contributed by atoms with Gasteiger partial charge in [0, 0.05) is 11.4 Å². The Bertz CT molecular complexity index is 1370. The van der Waals surface area contributed by atoms with E-state index >= 15 is 0 Å². The third kappa shape index (κ3) is 7.91. The Morgan fingerprint density at radius 3 is 2.36 bits per heavy atom. The summed E-state index contributed by atoms with van der Waals surface area (Å²) in [5.74, 6) is -0.536. The predicted molar refractivity (Wildman–Crippen MR) is 144 cm³/mol. The maximum atomic E-state index is 12.9. The van der Waals surface area contributed by atoms with Crippen molar-refractivity contribution >= 4 is 91.2 Å². The van der Waals surface area contributed by atoms with E-state index in [4.69, 9.17) is 26.3 Å². The third-order valence-electron chi connectivity index (χ3n) is 4.25. The Morgan fingerprint density at radius 1 is 1.17 bits per heavy atom. The van der Waals surface area contributed by atoms with Crippen molar-refractivity contribution in [1.82, 2.24) is 4.98 Å². The van der Waals surface area contributed by atoms with Crippen LogP contribution < -0.4 is 15.5 Å². The lowest BCUT2D eigenvalue weighted by molar-refractivity contribution is 0.102. The molecule has 11 nitrogen and oxygen atoms in total. The number of amidine groups is 1. The van der Waals surface area contributed by atoms with Gasteiger partial charge in [0.15, 0.2) is 10.2 Å². The van der Waals surface area contributed by atoms with Crippen LogP contribution in [-0.2, 0) is 14.9 Å². The largest absolute Gasteiger partial charge is 0.463 e. The molecule has 192 valence electrons. The second kappa shape index (κ2) is 12.0. The molecule has 4 rings (SSSR count). The van der Waals surface area contributed by atoms with E-state index in [1.54, 1.807) is 29.2 Å². The van der Waals surface area contributed by atoms with Crippen molar-refractivity contribution in [1.29, 1.82) is 5.41 Å². The first-order chi connectivity index (χ1) is 16.9. The van der Waals surface area contributed by atoms with Gasteiger partial charge in [0.1, 0.15) is 11.5 Å². The van der Waals surface area contributed by atoms with E-state index in [1.165, 1.54) is 23.1 Å². The van der Waals surface area contributed by atoms with Gasteiger partial charge in [-0.3, -0.25) is 24.5 Å². The van der Waals surface area contributed by atoms with E-state index < -0.39 is 10.1 Å².